The molecule has 14 nitrogen and oxygen atoms in total. The highest BCUT2D eigenvalue weighted by molar-refractivity contribution is 7.54. The monoisotopic (exact) mass is 1460 g/mol. The number of ether oxygens (including phenoxy) is 2. The number of benzene rings is 2. The van der Waals surface area contributed by atoms with Gasteiger partial charge >= 0.3 is 15.3 Å². The van der Waals surface area contributed by atoms with Gasteiger partial charge in [-0.25, -0.2) is 14.2 Å². The Hall–Kier alpha value is -2.26. The van der Waals surface area contributed by atoms with Gasteiger partial charge < -0.3 is 33.2 Å². The Bertz CT molecular complexity index is 3090. The van der Waals surface area contributed by atoms with Gasteiger partial charge in [-0.3, -0.25) is 18.6 Å². The first-order valence-corrected chi connectivity index (χ1v) is 46.6. The fourth-order valence-electron chi connectivity index (χ4n) is 22.9. The molecule has 10 rings (SSSR count). The molecule has 101 heavy (non-hydrogen) atoms. The number of aliphatic hydroxyl groups excluding tert-OH is 2. The molecule has 2 aromatic rings. The molecule has 0 radical (unpaired) electrons. The minimum Gasteiger partial charge on any atom is -0.424 e. The van der Waals surface area contributed by atoms with E-state index in [4.69, 9.17) is 32.0 Å². The lowest BCUT2D eigenvalue weighted by atomic mass is 9.41. The maximum Gasteiger partial charge on any atom is 0.459 e. The summed E-state index contributed by atoms with van der Waals surface area (Å²) in [5, 5.41) is 25.7. The smallest absolute Gasteiger partial charge is 0.424 e. The molecule has 3 N–H and O–H groups in total. The zero-order valence-corrected chi connectivity index (χ0v) is 69.3. The summed E-state index contributed by atoms with van der Waals surface area (Å²) in [6, 6.07) is 17.4. The van der Waals surface area contributed by atoms with Crippen molar-refractivity contribution in [2.75, 3.05) is 32.6 Å². The Balaban J connectivity index is 0.000000237. The first-order chi connectivity index (χ1) is 47.4. The van der Waals surface area contributed by atoms with E-state index in [-0.39, 0.29) is 89.2 Å². The molecule has 17 heteroatoms. The lowest BCUT2D eigenvalue weighted by Gasteiger charge is -2.66. The van der Waals surface area contributed by atoms with Crippen molar-refractivity contribution in [3.8, 4) is 11.5 Å². The summed E-state index contributed by atoms with van der Waals surface area (Å²) in [5.74, 6) is 8.12. The fourth-order valence-corrected chi connectivity index (χ4v) is 27.7. The van der Waals surface area contributed by atoms with E-state index in [1.165, 1.54) is 51.4 Å². The highest BCUT2D eigenvalue weighted by Gasteiger charge is 2.68. The Morgan fingerprint density at radius 2 is 1.05 bits per heavy atom. The van der Waals surface area contributed by atoms with Crippen LogP contribution in [0.2, 0.25) is 18.1 Å². The van der Waals surface area contributed by atoms with Gasteiger partial charge in [-0.1, -0.05) is 146 Å². The van der Waals surface area contributed by atoms with Crippen molar-refractivity contribution in [3.05, 3.63) is 60.7 Å². The molecule has 0 amide bonds. The van der Waals surface area contributed by atoms with Crippen molar-refractivity contribution < 1.29 is 60.9 Å². The number of carbonyl (C=O) groups is 2. The molecule has 26 atom stereocenters. The van der Waals surface area contributed by atoms with Gasteiger partial charge in [0.1, 0.15) is 24.7 Å². The Labute approximate surface area is 613 Å². The van der Waals surface area contributed by atoms with Crippen LogP contribution in [0.3, 0.4) is 0 Å². The van der Waals surface area contributed by atoms with Crippen molar-refractivity contribution in [1.29, 1.82) is 0 Å². The van der Waals surface area contributed by atoms with Crippen LogP contribution in [0.25, 0.3) is 0 Å². The Kier molecular flexibility index (Phi) is 27.6. The third kappa shape index (κ3) is 18.2. The Morgan fingerprint density at radius 3 is 1.57 bits per heavy atom. The number of rotatable bonds is 30. The summed E-state index contributed by atoms with van der Waals surface area (Å²) in [6.45, 7) is 46.0. The lowest BCUT2D eigenvalue weighted by Crippen LogP contribution is -2.64. The molecular weight excluding hydrogens is 1320 g/mol. The molecule has 574 valence electrons. The first-order valence-electron chi connectivity index (χ1n) is 40.5. The average Bonchev–Trinajstić information content (AvgIpc) is 1.70. The minimum absolute atomic E-state index is 0.00417. The van der Waals surface area contributed by atoms with Gasteiger partial charge in [0.05, 0.1) is 55.9 Å². The zero-order chi connectivity index (χ0) is 74.0. The highest BCUT2D eigenvalue weighted by Crippen LogP contribution is 2.73. The van der Waals surface area contributed by atoms with Crippen LogP contribution in [0.1, 0.15) is 240 Å². The van der Waals surface area contributed by atoms with E-state index in [0.717, 1.165) is 82.0 Å². The van der Waals surface area contributed by atoms with E-state index in [9.17, 15) is 28.9 Å². The number of carbonyl (C=O) groups excluding carboxylic acids is 2. The molecular formula is C84H141NO13P2Si. The topological polar surface area (TPSA) is 185 Å². The van der Waals surface area contributed by atoms with Crippen molar-refractivity contribution in [2.45, 2.75) is 295 Å². The van der Waals surface area contributed by atoms with Gasteiger partial charge in [-0.05, 0) is 284 Å². The molecule has 0 spiro atoms. The molecule has 0 aromatic heterocycles. The van der Waals surface area contributed by atoms with Crippen LogP contribution in [0, 0.1) is 116 Å². The third-order valence-corrected chi connectivity index (χ3v) is 37.7. The van der Waals surface area contributed by atoms with Gasteiger partial charge in [-0.2, -0.15) is 0 Å². The summed E-state index contributed by atoms with van der Waals surface area (Å²) < 4.78 is 71.6. The summed E-state index contributed by atoms with van der Waals surface area (Å²) in [5.41, 5.74) is 0.982. The van der Waals surface area contributed by atoms with Gasteiger partial charge in [0.25, 0.3) is 0 Å². The number of hydrogen-bond donors (Lipinski definition) is 3. The number of fused-ring (bicyclic) bond motifs is 10. The summed E-state index contributed by atoms with van der Waals surface area (Å²) >= 11 is 0. The molecule has 8 unspecified atom stereocenters. The van der Waals surface area contributed by atoms with Crippen molar-refractivity contribution in [3.63, 3.8) is 0 Å². The molecule has 8 fully saturated rings. The predicted molar refractivity (Wildman–Crippen MR) is 410 cm³/mol. The van der Waals surface area contributed by atoms with Crippen LogP contribution in [-0.4, -0.2) is 99.2 Å². The van der Waals surface area contributed by atoms with E-state index in [1.807, 2.05) is 71.0 Å². The molecule has 0 heterocycles. The molecule has 0 saturated heterocycles. The summed E-state index contributed by atoms with van der Waals surface area (Å²) in [7, 11) is -9.50. The molecule has 2 aromatic carbocycles. The number of para-hydroxylation sites is 2. The number of ketones is 2. The van der Waals surface area contributed by atoms with Crippen molar-refractivity contribution >= 4 is 35.2 Å². The van der Waals surface area contributed by atoms with Crippen LogP contribution in [0.5, 0.6) is 11.5 Å². The van der Waals surface area contributed by atoms with E-state index in [0.29, 0.717) is 94.7 Å². The van der Waals surface area contributed by atoms with E-state index in [1.54, 1.807) is 31.2 Å². The number of hydrogen-bond acceptors (Lipinski definition) is 13. The normalized spacial score (nSPS) is 37.7. The molecule has 0 bridgehead atoms. The molecule has 8 saturated carbocycles. The van der Waals surface area contributed by atoms with E-state index < -0.39 is 35.6 Å². The van der Waals surface area contributed by atoms with Gasteiger partial charge in [0.2, 0.25) is 0 Å². The molecule has 8 aliphatic carbocycles. The van der Waals surface area contributed by atoms with E-state index >= 15 is 0 Å². The van der Waals surface area contributed by atoms with Crippen LogP contribution in [0.4, 0.5) is 0 Å². The van der Waals surface area contributed by atoms with Crippen LogP contribution < -0.4 is 14.1 Å². The molecule has 0 aliphatic heterocycles. The summed E-state index contributed by atoms with van der Waals surface area (Å²) in [4.78, 5) is 25.7. The zero-order valence-electron chi connectivity index (χ0n) is 66.5. The second-order valence-electron chi connectivity index (χ2n) is 37.2. The van der Waals surface area contributed by atoms with E-state index in [2.05, 4.69) is 101 Å². The van der Waals surface area contributed by atoms with Gasteiger partial charge in [0.15, 0.2) is 19.9 Å². The maximum absolute atomic E-state index is 14.4. The fraction of sp³-hybridized carbons (Fsp3) is 0.833. The van der Waals surface area contributed by atoms with Crippen LogP contribution in [0.15, 0.2) is 60.7 Å². The maximum atomic E-state index is 14.4. The lowest BCUT2D eigenvalue weighted by molar-refractivity contribution is -0.203. The van der Waals surface area contributed by atoms with Gasteiger partial charge in [-0.15, -0.1) is 0 Å². The van der Waals surface area contributed by atoms with Crippen molar-refractivity contribution in [2.24, 2.45) is 116 Å². The molecule has 8 aliphatic rings. The SMILES string of the molecule is CC[C@@H]1C2C[C@H](C)CC[C@]2(C)C2CC[C@@]3(C)C(CC[C@@H]3[C@H](C)CCO[P@](=O)(C[C@@H](C)C(=O)COC(C)C)Oc3ccccc3)C2[C@@H]1O[Si](C)(C)C(C)(C)C.CC[C@@H]1C2C[C@H](O)CC[C@]2(C)C2CC[C@@]3(C)C(CC[C@@H]3[C@H](C)CCO[P@](=O)(N[C@@H](C)C(=O)COC(C)C)Oc3ccccc3)C2[C@@H]1O. The predicted octanol–water partition coefficient (Wildman–Crippen LogP) is 20.7. The second-order valence-corrected chi connectivity index (χ2v) is 45.7. The van der Waals surface area contributed by atoms with Crippen molar-refractivity contribution in [1.82, 2.24) is 5.09 Å². The first kappa shape index (κ1) is 82.8. The minimum atomic E-state index is -3.87. The highest BCUT2D eigenvalue weighted by atomic mass is 31.2. The number of Topliss-reactive ketones (excluding diaryl/α,β-unsaturated/α-hetero) is 2. The standard InChI is InChI=1S/C46H79O6PSi.C38H62NO7P/c1-14-36-40-28-32(4)22-25-46(40,11)39-23-26-45(10)37(20-21-38(45)42(39)43(36)52-54(12,13)44(7,8)9)33(5)24-27-50-53(48,51-35-18-16-15-17-19-35)30-34(6)41(47)29-49-31(2)3;1-8-29-33-22-27(40)16-19-38(33,7)32-17-20-37(6)30(14-15-31(37)35(32)36(29)42)25(4)18-21-45-47(43,46-28-12-10-9-11-13-28)39-26(5)34(41)23-44-24(2)3/h15-19,31-34,36-40,42-43H,14,20-30H2,1-13H3;9-13,24-27,29-33,35-36,40,42H,8,14-23H2,1-7H3,(H,39,43)/t32-,33-,34-,36-,37-,38?,39?,40?,42?,43-,45-,46-,53-;25-,26+,27-,29-,30-,31?,32?,33?,35?,36-,37-,38-,47-/m11/s1. The van der Waals surface area contributed by atoms with Crippen LogP contribution in [-0.2, 0) is 41.7 Å². The third-order valence-electron chi connectivity index (χ3n) is 29.4. The van der Waals surface area contributed by atoms with Crippen LogP contribution >= 0.6 is 15.3 Å². The largest absolute Gasteiger partial charge is 0.459 e. The number of aliphatic hydroxyl groups is 2. The quantitative estimate of drug-likeness (QED) is 0.0495. The summed E-state index contributed by atoms with van der Waals surface area (Å²) in [6.07, 6.45) is 20.1. The average molecular weight is 1460 g/mol. The second kappa shape index (κ2) is 33.7. The Morgan fingerprint density at radius 1 is 0.584 bits per heavy atom. The van der Waals surface area contributed by atoms with Gasteiger partial charge in [0, 0.05) is 5.92 Å². The number of nitrogens with one attached hydrogen (secondary N) is 1.